The van der Waals surface area contributed by atoms with Crippen LogP contribution in [0.15, 0.2) is 12.1 Å². The van der Waals surface area contributed by atoms with E-state index in [2.05, 4.69) is 4.98 Å². The summed E-state index contributed by atoms with van der Waals surface area (Å²) in [4.78, 5) is 11.7. The minimum absolute atomic E-state index is 0.112. The van der Waals surface area contributed by atoms with Crippen LogP contribution >= 0.6 is 46.4 Å². The van der Waals surface area contributed by atoms with Crippen LogP contribution in [0.2, 0.25) is 0 Å². The van der Waals surface area contributed by atoms with Crippen LogP contribution in [0.1, 0.15) is 20.9 Å². The van der Waals surface area contributed by atoms with Crippen LogP contribution in [0.5, 0.6) is 0 Å². The molecule has 0 unspecified atom stereocenters. The Morgan fingerprint density at radius 3 is 2.20 bits per heavy atom. The molecule has 4 nitrogen and oxygen atoms in total. The molecule has 1 heterocycles. The molecule has 0 atom stereocenters. The molecular weight excluding hydrogens is 286 g/mol. The molecule has 0 aliphatic heterocycles. The summed E-state index contributed by atoms with van der Waals surface area (Å²) in [6.07, 6.45) is 0. The predicted octanol–water partition coefficient (Wildman–Crippen LogP) is 3.94. The van der Waals surface area contributed by atoms with Crippen molar-refractivity contribution in [2.75, 3.05) is 0 Å². The van der Waals surface area contributed by atoms with Gasteiger partial charge in [0, 0.05) is 0 Å². The first-order chi connectivity index (χ1) is 6.93. The number of aromatic nitrogens is 1. The number of halogens is 4. The molecule has 1 aromatic heterocycles. The first-order valence-corrected chi connectivity index (χ1v) is 5.39. The molecule has 0 aromatic carbocycles. The zero-order valence-electron chi connectivity index (χ0n) is 7.03. The molecule has 1 aromatic rings. The van der Waals surface area contributed by atoms with Crippen molar-refractivity contribution in [2.24, 2.45) is 0 Å². The topological polar surface area (TPSA) is 56.0 Å². The van der Waals surface area contributed by atoms with Crippen molar-refractivity contribution in [3.05, 3.63) is 33.5 Å². The van der Waals surface area contributed by atoms with Crippen LogP contribution in [0.4, 0.5) is 5.82 Å². The number of alkyl halides is 4. The first-order valence-electron chi connectivity index (χ1n) is 3.65. The zero-order valence-corrected chi connectivity index (χ0v) is 10.1. The smallest absolute Gasteiger partial charge is 0.358 e. The largest absolute Gasteiger partial charge is 0.369 e. The Hall–Kier alpha value is -0.290. The maximum atomic E-state index is 10.6. The highest BCUT2D eigenvalue weighted by Crippen LogP contribution is 2.33. The molecule has 8 heteroatoms. The van der Waals surface area contributed by atoms with Gasteiger partial charge in [0.05, 0.1) is 5.56 Å². The molecule has 0 radical (unpaired) electrons. The van der Waals surface area contributed by atoms with Crippen LogP contribution in [0.25, 0.3) is 0 Å². The Kier molecular flexibility index (Phi) is 4.40. The number of rotatable bonds is 3. The summed E-state index contributed by atoms with van der Waals surface area (Å²) >= 11 is 22.1. The third-order valence-electron chi connectivity index (χ3n) is 1.56. The van der Waals surface area contributed by atoms with Crippen molar-refractivity contribution in [2.45, 2.75) is 9.67 Å². The van der Waals surface area contributed by atoms with Crippen molar-refractivity contribution in [3.8, 4) is 0 Å². The van der Waals surface area contributed by atoms with Crippen LogP contribution < -0.4 is 0 Å². The van der Waals surface area contributed by atoms with Crippen LogP contribution in [-0.2, 0) is 0 Å². The van der Waals surface area contributed by atoms with Gasteiger partial charge in [-0.3, -0.25) is 0 Å². The molecule has 0 fully saturated rings. The molecule has 0 aliphatic rings. The molecule has 0 saturated carbocycles. The fourth-order valence-electron chi connectivity index (χ4n) is 0.912. The third kappa shape index (κ3) is 3.08. The van der Waals surface area contributed by atoms with Gasteiger partial charge in [0.15, 0.2) is 10.5 Å². The van der Waals surface area contributed by atoms with Gasteiger partial charge in [-0.05, 0) is 22.0 Å². The lowest BCUT2D eigenvalue weighted by molar-refractivity contribution is -0.390. The fourth-order valence-corrected chi connectivity index (χ4v) is 1.50. The van der Waals surface area contributed by atoms with Crippen molar-refractivity contribution in [1.29, 1.82) is 0 Å². The SMILES string of the molecule is O=[N+]([O-])c1nc(C(Cl)Cl)ccc1C(Cl)Cl. The maximum absolute atomic E-state index is 10.6. The van der Waals surface area contributed by atoms with Crippen molar-refractivity contribution in [3.63, 3.8) is 0 Å². The van der Waals surface area contributed by atoms with Gasteiger partial charge in [-0.2, -0.15) is 0 Å². The van der Waals surface area contributed by atoms with E-state index in [9.17, 15) is 10.1 Å². The normalized spacial score (nSPS) is 11.1. The minimum atomic E-state index is -1.02. The standard InChI is InChI=1S/C7H4Cl4N2O2/c8-5(9)3-1-2-4(6(10)11)12-7(3)13(14)15/h1-2,5-6H. The number of hydrogen-bond donors (Lipinski definition) is 0. The van der Waals surface area contributed by atoms with Gasteiger partial charge in [-0.25, -0.2) is 0 Å². The monoisotopic (exact) mass is 288 g/mol. The van der Waals surface area contributed by atoms with E-state index in [4.69, 9.17) is 46.4 Å². The summed E-state index contributed by atoms with van der Waals surface area (Å²) in [5.41, 5.74) is 0.295. The quantitative estimate of drug-likeness (QED) is 0.481. The maximum Gasteiger partial charge on any atom is 0.369 e. The molecule has 82 valence electrons. The number of hydrogen-bond acceptors (Lipinski definition) is 3. The van der Waals surface area contributed by atoms with Gasteiger partial charge in [-0.1, -0.05) is 46.4 Å². The highest BCUT2D eigenvalue weighted by Gasteiger charge is 2.23. The van der Waals surface area contributed by atoms with Crippen molar-refractivity contribution >= 4 is 52.2 Å². The highest BCUT2D eigenvalue weighted by atomic mass is 35.5. The Morgan fingerprint density at radius 1 is 1.20 bits per heavy atom. The molecule has 15 heavy (non-hydrogen) atoms. The number of nitrogens with zero attached hydrogens (tertiary/aromatic N) is 2. The Labute approximate surface area is 105 Å². The summed E-state index contributed by atoms with van der Waals surface area (Å²) in [6, 6.07) is 2.81. The fraction of sp³-hybridized carbons (Fsp3) is 0.286. The van der Waals surface area contributed by atoms with E-state index in [0.717, 1.165) is 0 Å². The van der Waals surface area contributed by atoms with E-state index in [1.807, 2.05) is 0 Å². The summed E-state index contributed by atoms with van der Waals surface area (Å²) in [6.45, 7) is 0. The van der Waals surface area contributed by atoms with Gasteiger partial charge < -0.3 is 10.1 Å². The highest BCUT2D eigenvalue weighted by molar-refractivity contribution is 6.44. The van der Waals surface area contributed by atoms with E-state index in [1.54, 1.807) is 0 Å². The molecule has 0 saturated heterocycles. The lowest BCUT2D eigenvalue weighted by Gasteiger charge is -2.04. The van der Waals surface area contributed by atoms with E-state index < -0.39 is 20.4 Å². The van der Waals surface area contributed by atoms with E-state index >= 15 is 0 Å². The van der Waals surface area contributed by atoms with Crippen molar-refractivity contribution in [1.82, 2.24) is 4.98 Å². The molecule has 0 bridgehead atoms. The summed E-state index contributed by atoms with van der Waals surface area (Å²) in [7, 11) is 0. The Bertz CT molecular complexity index is 383. The van der Waals surface area contributed by atoms with Gasteiger partial charge in [-0.15, -0.1) is 0 Å². The van der Waals surface area contributed by atoms with Crippen molar-refractivity contribution < 1.29 is 4.92 Å². The second kappa shape index (κ2) is 5.16. The molecule has 0 amide bonds. The number of nitro groups is 1. The average molecular weight is 290 g/mol. The molecule has 0 aliphatic carbocycles. The van der Waals surface area contributed by atoms with Crippen LogP contribution in [-0.4, -0.2) is 9.91 Å². The molecule has 1 rings (SSSR count). The third-order valence-corrected chi connectivity index (χ3v) is 2.48. The van der Waals surface area contributed by atoms with Gasteiger partial charge in [0.1, 0.15) is 4.84 Å². The Balaban J connectivity index is 3.27. The molecular formula is C7H4Cl4N2O2. The van der Waals surface area contributed by atoms with Gasteiger partial charge >= 0.3 is 5.82 Å². The first kappa shape index (κ1) is 12.8. The second-order valence-corrected chi connectivity index (χ2v) is 4.70. The average Bonchev–Trinajstić information content (AvgIpc) is 2.16. The number of pyridine rings is 1. The molecule has 0 N–H and O–H groups in total. The summed E-state index contributed by atoms with van der Waals surface area (Å²) in [5.74, 6) is -0.436. The zero-order chi connectivity index (χ0) is 11.6. The Morgan fingerprint density at radius 2 is 1.80 bits per heavy atom. The van der Waals surface area contributed by atoms with E-state index in [1.165, 1.54) is 12.1 Å². The van der Waals surface area contributed by atoms with Crippen LogP contribution in [0, 0.1) is 10.1 Å². The predicted molar refractivity (Wildman–Crippen MR) is 59.8 cm³/mol. The van der Waals surface area contributed by atoms with E-state index in [-0.39, 0.29) is 11.3 Å². The van der Waals surface area contributed by atoms with E-state index in [0.29, 0.717) is 0 Å². The summed E-state index contributed by atoms with van der Waals surface area (Å²) < 4.78 is 0. The van der Waals surface area contributed by atoms with Gasteiger partial charge in [0.25, 0.3) is 0 Å². The van der Waals surface area contributed by atoms with Crippen LogP contribution in [0.3, 0.4) is 0 Å². The van der Waals surface area contributed by atoms with Gasteiger partial charge in [0.2, 0.25) is 0 Å². The minimum Gasteiger partial charge on any atom is -0.358 e. The molecule has 0 spiro atoms. The lowest BCUT2D eigenvalue weighted by atomic mass is 10.2. The second-order valence-electron chi connectivity index (χ2n) is 2.51. The lowest BCUT2D eigenvalue weighted by Crippen LogP contribution is -2.01. The summed E-state index contributed by atoms with van der Waals surface area (Å²) in [5, 5.41) is 10.6.